The van der Waals surface area contributed by atoms with E-state index in [2.05, 4.69) is 29.0 Å². The van der Waals surface area contributed by atoms with Crippen LogP contribution in [0.4, 0.5) is 4.79 Å². The standard InChI is InChI=1S/C17H22N2O3S/c1-12(14-6-7-23-11-14)9-18-17(21)19-10-16(20)13-4-3-5-15(8-13)22-2/h3-8,11-12,16,20H,9-10H2,1-2H3,(H2,18,19,21). The lowest BCUT2D eigenvalue weighted by molar-refractivity contribution is 0.172. The fraction of sp³-hybridized carbons (Fsp3) is 0.353. The Morgan fingerprint density at radius 3 is 2.74 bits per heavy atom. The van der Waals surface area contributed by atoms with Gasteiger partial charge in [-0.05, 0) is 46.0 Å². The number of carbonyl (C=O) groups excluding carboxylic acids is 1. The lowest BCUT2D eigenvalue weighted by atomic mass is 10.1. The highest BCUT2D eigenvalue weighted by atomic mass is 32.1. The smallest absolute Gasteiger partial charge is 0.314 e. The highest BCUT2D eigenvalue weighted by Crippen LogP contribution is 2.19. The van der Waals surface area contributed by atoms with Gasteiger partial charge in [-0.2, -0.15) is 11.3 Å². The quantitative estimate of drug-likeness (QED) is 0.729. The molecular formula is C17H22N2O3S. The van der Waals surface area contributed by atoms with Crippen molar-refractivity contribution in [3.05, 3.63) is 52.2 Å². The Kier molecular flexibility index (Phi) is 6.43. The van der Waals surface area contributed by atoms with E-state index in [0.29, 0.717) is 17.9 Å². The number of aliphatic hydroxyl groups excluding tert-OH is 1. The third-order valence-electron chi connectivity index (χ3n) is 3.62. The maximum absolute atomic E-state index is 11.8. The van der Waals surface area contributed by atoms with Gasteiger partial charge >= 0.3 is 6.03 Å². The fourth-order valence-corrected chi connectivity index (χ4v) is 2.92. The molecule has 1 aromatic carbocycles. The molecule has 0 aliphatic heterocycles. The molecule has 0 saturated carbocycles. The second-order valence-corrected chi connectivity index (χ2v) is 6.12. The molecule has 0 radical (unpaired) electrons. The average molecular weight is 334 g/mol. The predicted octanol–water partition coefficient (Wildman–Crippen LogP) is 2.89. The monoisotopic (exact) mass is 334 g/mol. The Bertz CT molecular complexity index is 616. The molecule has 1 heterocycles. The zero-order valence-corrected chi connectivity index (χ0v) is 14.1. The number of ether oxygens (including phenoxy) is 1. The molecule has 0 bridgehead atoms. The number of nitrogens with one attached hydrogen (secondary N) is 2. The molecule has 5 nitrogen and oxygen atoms in total. The first-order chi connectivity index (χ1) is 11.1. The van der Waals surface area contributed by atoms with Gasteiger partial charge in [0.2, 0.25) is 0 Å². The van der Waals surface area contributed by atoms with E-state index in [4.69, 9.17) is 4.74 Å². The summed E-state index contributed by atoms with van der Waals surface area (Å²) in [5.41, 5.74) is 1.92. The summed E-state index contributed by atoms with van der Waals surface area (Å²) in [5.74, 6) is 0.936. The number of rotatable bonds is 7. The molecule has 0 spiro atoms. The van der Waals surface area contributed by atoms with Gasteiger partial charge in [0.25, 0.3) is 0 Å². The largest absolute Gasteiger partial charge is 0.497 e. The molecule has 0 fully saturated rings. The molecule has 1 aromatic heterocycles. The molecule has 0 aliphatic carbocycles. The summed E-state index contributed by atoms with van der Waals surface area (Å²) >= 11 is 1.65. The summed E-state index contributed by atoms with van der Waals surface area (Å²) < 4.78 is 5.12. The van der Waals surface area contributed by atoms with Crippen LogP contribution in [-0.4, -0.2) is 31.3 Å². The Morgan fingerprint density at radius 2 is 2.04 bits per heavy atom. The molecule has 0 aliphatic rings. The zero-order chi connectivity index (χ0) is 16.7. The normalized spacial score (nSPS) is 13.2. The van der Waals surface area contributed by atoms with E-state index >= 15 is 0 Å². The summed E-state index contributed by atoms with van der Waals surface area (Å²) in [6, 6.07) is 8.94. The van der Waals surface area contributed by atoms with Gasteiger partial charge in [0, 0.05) is 13.1 Å². The van der Waals surface area contributed by atoms with Gasteiger partial charge in [0.1, 0.15) is 5.75 Å². The molecule has 2 unspecified atom stereocenters. The van der Waals surface area contributed by atoms with Gasteiger partial charge in [0.05, 0.1) is 13.2 Å². The molecule has 2 amide bonds. The summed E-state index contributed by atoms with van der Waals surface area (Å²) in [7, 11) is 1.58. The van der Waals surface area contributed by atoms with Gasteiger partial charge in [0.15, 0.2) is 0 Å². The van der Waals surface area contributed by atoms with Crippen LogP contribution in [0.3, 0.4) is 0 Å². The van der Waals surface area contributed by atoms with Crippen molar-refractivity contribution in [3.8, 4) is 5.75 Å². The topological polar surface area (TPSA) is 70.6 Å². The van der Waals surface area contributed by atoms with Crippen LogP contribution in [0.25, 0.3) is 0 Å². The second kappa shape index (κ2) is 8.55. The van der Waals surface area contributed by atoms with E-state index in [1.807, 2.05) is 11.4 Å². The first kappa shape index (κ1) is 17.3. The average Bonchev–Trinajstić information content (AvgIpc) is 3.12. The summed E-state index contributed by atoms with van der Waals surface area (Å²) in [6.45, 7) is 2.76. The van der Waals surface area contributed by atoms with Crippen molar-refractivity contribution in [3.63, 3.8) is 0 Å². The Balaban J connectivity index is 1.75. The molecule has 3 N–H and O–H groups in total. The van der Waals surface area contributed by atoms with Gasteiger partial charge in [-0.3, -0.25) is 0 Å². The van der Waals surface area contributed by atoms with E-state index < -0.39 is 6.10 Å². The Morgan fingerprint density at radius 1 is 1.26 bits per heavy atom. The van der Waals surface area contributed by atoms with Gasteiger partial charge in [-0.15, -0.1) is 0 Å². The summed E-state index contributed by atoms with van der Waals surface area (Å²) in [4.78, 5) is 11.8. The van der Waals surface area contributed by atoms with Crippen molar-refractivity contribution >= 4 is 17.4 Å². The number of benzene rings is 1. The van der Waals surface area contributed by atoms with Crippen molar-refractivity contribution in [2.24, 2.45) is 0 Å². The first-order valence-corrected chi connectivity index (χ1v) is 8.40. The van der Waals surface area contributed by atoms with Gasteiger partial charge in [-0.25, -0.2) is 4.79 Å². The molecule has 23 heavy (non-hydrogen) atoms. The van der Waals surface area contributed by atoms with Gasteiger partial charge in [-0.1, -0.05) is 19.1 Å². The molecule has 2 rings (SSSR count). The third-order valence-corrected chi connectivity index (χ3v) is 4.32. The van der Waals surface area contributed by atoms with Crippen LogP contribution >= 0.6 is 11.3 Å². The number of hydrogen-bond acceptors (Lipinski definition) is 4. The van der Waals surface area contributed by atoms with E-state index in [0.717, 1.165) is 0 Å². The highest BCUT2D eigenvalue weighted by molar-refractivity contribution is 7.07. The molecule has 124 valence electrons. The minimum absolute atomic E-state index is 0.145. The van der Waals surface area contributed by atoms with Gasteiger partial charge < -0.3 is 20.5 Å². The maximum atomic E-state index is 11.8. The number of thiophene rings is 1. The number of amides is 2. The van der Waals surface area contributed by atoms with Crippen LogP contribution in [0.15, 0.2) is 41.1 Å². The van der Waals surface area contributed by atoms with Crippen molar-refractivity contribution in [2.75, 3.05) is 20.2 Å². The van der Waals surface area contributed by atoms with Crippen LogP contribution in [0.1, 0.15) is 30.1 Å². The fourth-order valence-electron chi connectivity index (χ4n) is 2.14. The minimum atomic E-state index is -0.773. The highest BCUT2D eigenvalue weighted by Gasteiger charge is 2.11. The SMILES string of the molecule is COc1cccc(C(O)CNC(=O)NCC(C)c2ccsc2)c1. The van der Waals surface area contributed by atoms with Crippen molar-refractivity contribution in [1.82, 2.24) is 10.6 Å². The van der Waals surface area contributed by atoms with Crippen LogP contribution in [-0.2, 0) is 0 Å². The first-order valence-electron chi connectivity index (χ1n) is 7.46. The van der Waals surface area contributed by atoms with Crippen LogP contribution in [0.5, 0.6) is 5.75 Å². The van der Waals surface area contributed by atoms with E-state index in [9.17, 15) is 9.90 Å². The van der Waals surface area contributed by atoms with Crippen molar-refractivity contribution in [2.45, 2.75) is 18.9 Å². The molecule has 2 aromatic rings. The van der Waals surface area contributed by atoms with Crippen molar-refractivity contribution in [1.29, 1.82) is 0 Å². The summed E-state index contributed by atoms with van der Waals surface area (Å²) in [6.07, 6.45) is -0.773. The van der Waals surface area contributed by atoms with Crippen LogP contribution < -0.4 is 15.4 Å². The second-order valence-electron chi connectivity index (χ2n) is 5.34. The number of urea groups is 1. The van der Waals surface area contributed by atoms with Crippen molar-refractivity contribution < 1.29 is 14.6 Å². The number of hydrogen-bond donors (Lipinski definition) is 3. The van der Waals surface area contributed by atoms with Crippen LogP contribution in [0.2, 0.25) is 0 Å². The van der Waals surface area contributed by atoms with E-state index in [1.165, 1.54) is 5.56 Å². The Hall–Kier alpha value is -2.05. The summed E-state index contributed by atoms with van der Waals surface area (Å²) in [5, 5.41) is 19.7. The van der Waals surface area contributed by atoms with E-state index in [1.54, 1.807) is 36.6 Å². The Labute approximate surface area is 140 Å². The number of aliphatic hydroxyl groups is 1. The minimum Gasteiger partial charge on any atom is -0.497 e. The lowest BCUT2D eigenvalue weighted by Gasteiger charge is -2.15. The van der Waals surface area contributed by atoms with Crippen LogP contribution in [0, 0.1) is 0 Å². The molecule has 0 saturated heterocycles. The molecule has 6 heteroatoms. The van der Waals surface area contributed by atoms with E-state index in [-0.39, 0.29) is 18.5 Å². The predicted molar refractivity (Wildman–Crippen MR) is 92.1 cm³/mol. The third kappa shape index (κ3) is 5.26. The lowest BCUT2D eigenvalue weighted by Crippen LogP contribution is -2.39. The molecule has 2 atom stereocenters. The number of carbonyl (C=O) groups is 1. The zero-order valence-electron chi connectivity index (χ0n) is 13.3. The maximum Gasteiger partial charge on any atom is 0.314 e. The number of methoxy groups -OCH3 is 1. The molecular weight excluding hydrogens is 312 g/mol.